The molecule has 0 N–H and O–H groups in total. The van der Waals surface area contributed by atoms with Crippen LogP contribution in [0.2, 0.25) is 10.0 Å². The molecule has 7 heteroatoms. The van der Waals surface area contributed by atoms with Crippen molar-refractivity contribution in [2.45, 2.75) is 19.9 Å². The van der Waals surface area contributed by atoms with E-state index in [0.717, 1.165) is 11.3 Å². The third-order valence-corrected chi connectivity index (χ3v) is 6.14. The Labute approximate surface area is 195 Å². The van der Waals surface area contributed by atoms with Gasteiger partial charge in [0.2, 0.25) is 0 Å². The predicted molar refractivity (Wildman–Crippen MR) is 129 cm³/mol. The van der Waals surface area contributed by atoms with Gasteiger partial charge in [-0.25, -0.2) is 4.98 Å². The first-order chi connectivity index (χ1) is 15.3. The standard InChI is InChI=1S/C25H21Cl2N3O2/c1-15-8-4-7-11-22(15)30-23(28-21-10-6-5-9-19(21)25(30)32)16(2)29(3)24(31)18-13-12-17(26)14-20(18)27/h4-14,16H,1-3H3. The van der Waals surface area contributed by atoms with E-state index in [0.29, 0.717) is 27.3 Å². The highest BCUT2D eigenvalue weighted by Crippen LogP contribution is 2.27. The van der Waals surface area contributed by atoms with Gasteiger partial charge in [-0.3, -0.25) is 14.2 Å². The van der Waals surface area contributed by atoms with E-state index in [1.165, 1.54) is 11.0 Å². The molecule has 5 nitrogen and oxygen atoms in total. The molecule has 1 atom stereocenters. The first-order valence-corrected chi connectivity index (χ1v) is 10.8. The van der Waals surface area contributed by atoms with E-state index >= 15 is 0 Å². The lowest BCUT2D eigenvalue weighted by Gasteiger charge is -2.27. The lowest BCUT2D eigenvalue weighted by atomic mass is 10.1. The summed E-state index contributed by atoms with van der Waals surface area (Å²) >= 11 is 12.2. The van der Waals surface area contributed by atoms with Gasteiger partial charge in [0.1, 0.15) is 5.82 Å². The first kappa shape index (κ1) is 22.1. The molecule has 0 bridgehead atoms. The Balaban J connectivity index is 1.89. The van der Waals surface area contributed by atoms with Crippen molar-refractivity contribution in [2.24, 2.45) is 0 Å². The second-order valence-electron chi connectivity index (χ2n) is 7.63. The van der Waals surface area contributed by atoms with Crippen molar-refractivity contribution >= 4 is 40.0 Å². The van der Waals surface area contributed by atoms with E-state index in [2.05, 4.69) is 0 Å². The molecule has 0 spiro atoms. The summed E-state index contributed by atoms with van der Waals surface area (Å²) in [6, 6.07) is 19.0. The number of carbonyl (C=O) groups excluding carboxylic acids is 1. The molecular weight excluding hydrogens is 445 g/mol. The molecule has 0 fully saturated rings. The Morgan fingerprint density at radius 1 is 1.03 bits per heavy atom. The van der Waals surface area contributed by atoms with Crippen LogP contribution in [0.1, 0.15) is 34.7 Å². The lowest BCUT2D eigenvalue weighted by molar-refractivity contribution is 0.0735. The van der Waals surface area contributed by atoms with Gasteiger partial charge in [0.05, 0.1) is 33.2 Å². The third kappa shape index (κ3) is 3.90. The van der Waals surface area contributed by atoms with E-state index in [-0.39, 0.29) is 16.5 Å². The van der Waals surface area contributed by atoms with Gasteiger partial charge in [-0.05, 0) is 55.8 Å². The van der Waals surface area contributed by atoms with Crippen molar-refractivity contribution < 1.29 is 4.79 Å². The Kier molecular flexibility index (Phi) is 6.04. The number of aryl methyl sites for hydroxylation is 1. The van der Waals surface area contributed by atoms with E-state index in [4.69, 9.17) is 28.2 Å². The van der Waals surface area contributed by atoms with Crippen molar-refractivity contribution in [2.75, 3.05) is 7.05 Å². The summed E-state index contributed by atoms with van der Waals surface area (Å²) in [6.07, 6.45) is 0. The number of amides is 1. The Morgan fingerprint density at radius 2 is 1.72 bits per heavy atom. The molecule has 0 saturated heterocycles. The number of para-hydroxylation sites is 2. The van der Waals surface area contributed by atoms with Crippen molar-refractivity contribution in [3.05, 3.63) is 104 Å². The van der Waals surface area contributed by atoms with Gasteiger partial charge < -0.3 is 4.90 Å². The number of fused-ring (bicyclic) bond motifs is 1. The predicted octanol–water partition coefficient (Wildman–Crippen LogP) is 5.83. The zero-order valence-electron chi connectivity index (χ0n) is 17.8. The molecule has 32 heavy (non-hydrogen) atoms. The number of hydrogen-bond acceptors (Lipinski definition) is 3. The van der Waals surface area contributed by atoms with Crippen LogP contribution in [0.5, 0.6) is 0 Å². The summed E-state index contributed by atoms with van der Waals surface area (Å²) in [4.78, 5) is 33.1. The van der Waals surface area contributed by atoms with E-state index in [1.807, 2.05) is 50.2 Å². The molecule has 1 heterocycles. The maximum absolute atomic E-state index is 13.5. The largest absolute Gasteiger partial charge is 0.332 e. The zero-order valence-corrected chi connectivity index (χ0v) is 19.4. The summed E-state index contributed by atoms with van der Waals surface area (Å²) < 4.78 is 1.59. The maximum atomic E-state index is 13.5. The second kappa shape index (κ2) is 8.77. The molecule has 4 aromatic rings. The van der Waals surface area contributed by atoms with Crippen LogP contribution in [-0.4, -0.2) is 27.4 Å². The summed E-state index contributed by atoms with van der Waals surface area (Å²) in [6.45, 7) is 3.78. The minimum Gasteiger partial charge on any atom is -0.332 e. The third-order valence-electron chi connectivity index (χ3n) is 5.59. The second-order valence-corrected chi connectivity index (χ2v) is 8.47. The molecule has 1 amide bonds. The number of benzene rings is 3. The topological polar surface area (TPSA) is 55.2 Å². The van der Waals surface area contributed by atoms with Crippen LogP contribution in [0, 0.1) is 6.92 Å². The molecule has 0 aliphatic carbocycles. The van der Waals surface area contributed by atoms with Crippen molar-refractivity contribution in [3.63, 3.8) is 0 Å². The zero-order chi connectivity index (χ0) is 23.0. The van der Waals surface area contributed by atoms with Crippen LogP contribution in [0.15, 0.2) is 71.5 Å². The number of hydrogen-bond donors (Lipinski definition) is 0. The highest BCUT2D eigenvalue weighted by atomic mass is 35.5. The highest BCUT2D eigenvalue weighted by Gasteiger charge is 2.26. The maximum Gasteiger partial charge on any atom is 0.266 e. The van der Waals surface area contributed by atoms with Crippen LogP contribution in [0.4, 0.5) is 0 Å². The summed E-state index contributed by atoms with van der Waals surface area (Å²) in [5.74, 6) is 0.168. The Bertz CT molecular complexity index is 1400. The Morgan fingerprint density at radius 3 is 2.44 bits per heavy atom. The average molecular weight is 466 g/mol. The van der Waals surface area contributed by atoms with Crippen LogP contribution < -0.4 is 5.56 Å². The van der Waals surface area contributed by atoms with Gasteiger partial charge in [-0.15, -0.1) is 0 Å². The van der Waals surface area contributed by atoms with Crippen molar-refractivity contribution in [1.82, 2.24) is 14.5 Å². The average Bonchev–Trinajstić information content (AvgIpc) is 2.78. The summed E-state index contributed by atoms with van der Waals surface area (Å²) in [7, 11) is 1.67. The molecule has 1 unspecified atom stereocenters. The van der Waals surface area contributed by atoms with Crippen molar-refractivity contribution in [3.8, 4) is 5.69 Å². The number of nitrogens with zero attached hydrogens (tertiary/aromatic N) is 3. The fourth-order valence-corrected chi connectivity index (χ4v) is 4.17. The quantitative estimate of drug-likeness (QED) is 0.380. The van der Waals surface area contributed by atoms with Gasteiger partial charge in [-0.1, -0.05) is 53.5 Å². The molecule has 0 aliphatic heterocycles. The van der Waals surface area contributed by atoms with Gasteiger partial charge in [0.25, 0.3) is 11.5 Å². The SMILES string of the molecule is Cc1ccccc1-n1c(C(C)N(C)C(=O)c2ccc(Cl)cc2Cl)nc2ccccc2c1=O. The smallest absolute Gasteiger partial charge is 0.266 e. The first-order valence-electron chi connectivity index (χ1n) is 10.1. The molecule has 0 saturated carbocycles. The normalized spacial score (nSPS) is 12.0. The number of rotatable bonds is 4. The van der Waals surface area contributed by atoms with Gasteiger partial charge >= 0.3 is 0 Å². The van der Waals surface area contributed by atoms with E-state index in [9.17, 15) is 9.59 Å². The molecule has 3 aromatic carbocycles. The Hall–Kier alpha value is -3.15. The fourth-order valence-electron chi connectivity index (χ4n) is 3.68. The number of carbonyl (C=O) groups is 1. The van der Waals surface area contributed by atoms with Crippen LogP contribution in [-0.2, 0) is 0 Å². The lowest BCUT2D eigenvalue weighted by Crippen LogP contribution is -2.35. The number of halogens is 2. The van der Waals surface area contributed by atoms with E-state index in [1.54, 1.807) is 35.9 Å². The van der Waals surface area contributed by atoms with Crippen molar-refractivity contribution in [1.29, 1.82) is 0 Å². The molecule has 0 radical (unpaired) electrons. The molecule has 1 aromatic heterocycles. The van der Waals surface area contributed by atoms with Gasteiger partial charge in [0, 0.05) is 12.1 Å². The fraction of sp³-hybridized carbons (Fsp3) is 0.160. The molecule has 0 aliphatic rings. The summed E-state index contributed by atoms with van der Waals surface area (Å²) in [5.41, 5.74) is 2.38. The van der Waals surface area contributed by atoms with Crippen LogP contribution in [0.3, 0.4) is 0 Å². The molecular formula is C25H21Cl2N3O2. The van der Waals surface area contributed by atoms with Gasteiger partial charge in [-0.2, -0.15) is 0 Å². The minimum absolute atomic E-state index is 0.183. The summed E-state index contributed by atoms with van der Waals surface area (Å²) in [5, 5.41) is 1.23. The molecule has 162 valence electrons. The minimum atomic E-state index is -0.522. The molecule has 4 rings (SSSR count). The highest BCUT2D eigenvalue weighted by molar-refractivity contribution is 6.36. The number of aromatic nitrogens is 2. The van der Waals surface area contributed by atoms with Crippen LogP contribution >= 0.6 is 23.2 Å². The van der Waals surface area contributed by atoms with Crippen LogP contribution in [0.25, 0.3) is 16.6 Å². The van der Waals surface area contributed by atoms with Gasteiger partial charge in [0.15, 0.2) is 0 Å². The monoisotopic (exact) mass is 465 g/mol. The van der Waals surface area contributed by atoms with E-state index < -0.39 is 6.04 Å².